The molecule has 2 aliphatic heterocycles. The second kappa shape index (κ2) is 5.80. The normalized spacial score (nSPS) is 26.6. The molecule has 2 atom stereocenters. The fourth-order valence-electron chi connectivity index (χ4n) is 3.11. The second-order valence-electron chi connectivity index (χ2n) is 5.64. The van der Waals surface area contributed by atoms with Crippen LogP contribution in [-0.4, -0.2) is 38.3 Å². The molecule has 0 spiro atoms. The molecule has 2 heterocycles. The maximum Gasteiger partial charge on any atom is 0.180 e. The first-order chi connectivity index (χ1) is 9.70. The fourth-order valence-corrected chi connectivity index (χ4v) is 3.45. The third-order valence-electron chi connectivity index (χ3n) is 4.21. The van der Waals surface area contributed by atoms with Crippen molar-refractivity contribution in [1.82, 2.24) is 4.90 Å². The molecule has 1 saturated heterocycles. The van der Waals surface area contributed by atoms with Crippen LogP contribution in [0.3, 0.4) is 0 Å². The highest BCUT2D eigenvalue weighted by atomic mass is 35.5. The zero-order chi connectivity index (χ0) is 14.1. The van der Waals surface area contributed by atoms with Crippen molar-refractivity contribution < 1.29 is 9.47 Å². The van der Waals surface area contributed by atoms with E-state index in [1.807, 2.05) is 6.07 Å². The van der Waals surface area contributed by atoms with Crippen molar-refractivity contribution in [3.05, 3.63) is 22.7 Å². The van der Waals surface area contributed by atoms with Gasteiger partial charge in [-0.15, -0.1) is 0 Å². The predicted molar refractivity (Wildman–Crippen MR) is 79.6 cm³/mol. The molecular formula is C15H21ClN2O2. The van der Waals surface area contributed by atoms with Crippen molar-refractivity contribution in [2.24, 2.45) is 11.7 Å². The monoisotopic (exact) mass is 296 g/mol. The van der Waals surface area contributed by atoms with Gasteiger partial charge < -0.3 is 15.2 Å². The Labute approximate surface area is 124 Å². The molecule has 1 aromatic rings. The van der Waals surface area contributed by atoms with Crippen LogP contribution in [0.4, 0.5) is 0 Å². The van der Waals surface area contributed by atoms with E-state index in [9.17, 15) is 0 Å². The quantitative estimate of drug-likeness (QED) is 0.911. The molecule has 4 nitrogen and oxygen atoms in total. The van der Waals surface area contributed by atoms with Crippen molar-refractivity contribution >= 4 is 11.6 Å². The van der Waals surface area contributed by atoms with Gasteiger partial charge in [0.15, 0.2) is 11.5 Å². The summed E-state index contributed by atoms with van der Waals surface area (Å²) < 4.78 is 11.4. The first-order valence-electron chi connectivity index (χ1n) is 7.19. The maximum absolute atomic E-state index is 6.57. The van der Waals surface area contributed by atoms with Crippen LogP contribution in [0, 0.1) is 5.92 Å². The summed E-state index contributed by atoms with van der Waals surface area (Å²) in [4.78, 5) is 2.32. The van der Waals surface area contributed by atoms with Gasteiger partial charge >= 0.3 is 0 Å². The van der Waals surface area contributed by atoms with Crippen molar-refractivity contribution in [3.8, 4) is 11.5 Å². The van der Waals surface area contributed by atoms with Crippen molar-refractivity contribution in [3.63, 3.8) is 0 Å². The lowest BCUT2D eigenvalue weighted by Crippen LogP contribution is -2.20. The lowest BCUT2D eigenvalue weighted by atomic mass is 9.99. The van der Waals surface area contributed by atoms with E-state index in [-0.39, 0.29) is 0 Å². The van der Waals surface area contributed by atoms with E-state index in [0.29, 0.717) is 35.9 Å². The Bertz CT molecular complexity index is 495. The zero-order valence-electron chi connectivity index (χ0n) is 11.8. The molecule has 0 aliphatic carbocycles. The number of fused-ring (bicyclic) bond motifs is 1. The van der Waals surface area contributed by atoms with E-state index in [0.717, 1.165) is 37.2 Å². The van der Waals surface area contributed by atoms with Crippen molar-refractivity contribution in [2.45, 2.75) is 18.9 Å². The van der Waals surface area contributed by atoms with Crippen LogP contribution >= 0.6 is 11.6 Å². The summed E-state index contributed by atoms with van der Waals surface area (Å²) in [6.45, 7) is 3.08. The number of rotatable bonds is 2. The van der Waals surface area contributed by atoms with Crippen molar-refractivity contribution in [2.75, 3.05) is 33.4 Å². The summed E-state index contributed by atoms with van der Waals surface area (Å²) in [6.07, 6.45) is 1.94. The molecule has 2 aliphatic rings. The topological polar surface area (TPSA) is 47.7 Å². The van der Waals surface area contributed by atoms with Gasteiger partial charge in [0.2, 0.25) is 0 Å². The zero-order valence-corrected chi connectivity index (χ0v) is 12.5. The van der Waals surface area contributed by atoms with Crippen LogP contribution in [-0.2, 0) is 0 Å². The van der Waals surface area contributed by atoms with Crippen LogP contribution in [0.2, 0.25) is 5.02 Å². The number of ether oxygens (including phenoxy) is 2. The Hall–Kier alpha value is -0.970. The molecule has 0 amide bonds. The minimum atomic E-state index is 0.313. The van der Waals surface area contributed by atoms with Gasteiger partial charge in [-0.1, -0.05) is 17.7 Å². The number of hydrogen-bond donors (Lipinski definition) is 1. The molecule has 0 aromatic heterocycles. The lowest BCUT2D eigenvalue weighted by Gasteiger charge is -2.22. The van der Waals surface area contributed by atoms with Gasteiger partial charge in [0.25, 0.3) is 0 Å². The minimum Gasteiger partial charge on any atom is -0.490 e. The Morgan fingerprint density at radius 2 is 2.15 bits per heavy atom. The molecule has 5 heteroatoms. The molecule has 0 saturated carbocycles. The number of nitrogens with zero attached hydrogens (tertiary/aromatic N) is 1. The average molecular weight is 297 g/mol. The van der Waals surface area contributed by atoms with Gasteiger partial charge in [0.05, 0.1) is 18.2 Å². The highest BCUT2D eigenvalue weighted by Crippen LogP contribution is 2.45. The number of likely N-dealkylation sites (tertiary alicyclic amines) is 1. The van der Waals surface area contributed by atoms with E-state index in [1.165, 1.54) is 0 Å². The van der Waals surface area contributed by atoms with Crippen LogP contribution in [0.25, 0.3) is 0 Å². The number of benzene rings is 1. The predicted octanol–water partition coefficient (Wildman–Crippen LogP) is 2.45. The van der Waals surface area contributed by atoms with Crippen molar-refractivity contribution in [1.29, 1.82) is 0 Å². The first-order valence-corrected chi connectivity index (χ1v) is 7.56. The Morgan fingerprint density at radius 3 is 2.90 bits per heavy atom. The summed E-state index contributed by atoms with van der Waals surface area (Å²) in [5.74, 6) is 2.00. The number of halogens is 1. The van der Waals surface area contributed by atoms with Crippen LogP contribution in [0.5, 0.6) is 11.5 Å². The fraction of sp³-hybridized carbons (Fsp3) is 0.600. The molecule has 1 aromatic carbocycles. The second-order valence-corrected chi connectivity index (χ2v) is 6.02. The highest BCUT2D eigenvalue weighted by molar-refractivity contribution is 6.33. The summed E-state index contributed by atoms with van der Waals surface area (Å²) in [5, 5.41) is 0.693. The van der Waals surface area contributed by atoms with Gasteiger partial charge in [0, 0.05) is 19.0 Å². The van der Waals surface area contributed by atoms with E-state index >= 15 is 0 Å². The third-order valence-corrected chi connectivity index (χ3v) is 4.60. The summed E-state index contributed by atoms with van der Waals surface area (Å²) in [5.41, 5.74) is 6.92. The Morgan fingerprint density at radius 1 is 1.35 bits per heavy atom. The standard InChI is InChI=1S/C15H21ClN2O2/c1-18-9-10(8-17)7-12(18)11-3-4-13-15(14(11)16)20-6-2-5-19-13/h3-4,10,12H,2,5-9,17H2,1H3. The summed E-state index contributed by atoms with van der Waals surface area (Å²) in [6, 6.07) is 4.36. The molecule has 2 N–H and O–H groups in total. The molecule has 1 fully saturated rings. The van der Waals surface area contributed by atoms with Crippen LogP contribution in [0.15, 0.2) is 12.1 Å². The smallest absolute Gasteiger partial charge is 0.180 e. The molecule has 0 radical (unpaired) electrons. The van der Waals surface area contributed by atoms with Crippen LogP contribution < -0.4 is 15.2 Å². The van der Waals surface area contributed by atoms with Gasteiger partial charge in [-0.2, -0.15) is 0 Å². The Balaban J connectivity index is 1.93. The molecule has 0 bridgehead atoms. The summed E-state index contributed by atoms with van der Waals surface area (Å²) >= 11 is 6.57. The van der Waals surface area contributed by atoms with E-state index in [1.54, 1.807) is 0 Å². The number of hydrogen-bond acceptors (Lipinski definition) is 4. The minimum absolute atomic E-state index is 0.313. The van der Waals surface area contributed by atoms with E-state index < -0.39 is 0 Å². The molecule has 2 unspecified atom stereocenters. The van der Waals surface area contributed by atoms with E-state index in [2.05, 4.69) is 18.0 Å². The first kappa shape index (κ1) is 14.0. The van der Waals surface area contributed by atoms with Crippen LogP contribution in [0.1, 0.15) is 24.4 Å². The lowest BCUT2D eigenvalue weighted by molar-refractivity contribution is 0.296. The summed E-state index contributed by atoms with van der Waals surface area (Å²) in [7, 11) is 2.12. The number of nitrogens with two attached hydrogens (primary N) is 1. The largest absolute Gasteiger partial charge is 0.490 e. The molecule has 110 valence electrons. The molecule has 3 rings (SSSR count). The van der Waals surface area contributed by atoms with E-state index in [4.69, 9.17) is 26.8 Å². The highest BCUT2D eigenvalue weighted by Gasteiger charge is 2.32. The van der Waals surface area contributed by atoms with Gasteiger partial charge in [-0.25, -0.2) is 0 Å². The molecule has 20 heavy (non-hydrogen) atoms. The molecular weight excluding hydrogens is 276 g/mol. The SMILES string of the molecule is CN1CC(CN)CC1c1ccc2c(c1Cl)OCCCO2. The van der Waals surface area contributed by atoms with Gasteiger partial charge in [0.1, 0.15) is 0 Å². The Kier molecular flexibility index (Phi) is 4.06. The third kappa shape index (κ3) is 2.48. The van der Waals surface area contributed by atoms with Gasteiger partial charge in [-0.05, 0) is 37.6 Å². The van der Waals surface area contributed by atoms with Gasteiger partial charge in [-0.3, -0.25) is 4.90 Å². The average Bonchev–Trinajstić information content (AvgIpc) is 2.67. The maximum atomic E-state index is 6.57.